The number of nitrogens with zero attached hydrogens (tertiary/aromatic N) is 1. The van der Waals surface area contributed by atoms with E-state index in [0.29, 0.717) is 12.1 Å². The van der Waals surface area contributed by atoms with Crippen LogP contribution in [0.25, 0.3) is 0 Å². The number of carbonyl (C=O) groups is 1. The van der Waals surface area contributed by atoms with E-state index in [1.54, 1.807) is 12.1 Å². The van der Waals surface area contributed by atoms with E-state index in [1.807, 2.05) is 18.2 Å². The van der Waals surface area contributed by atoms with E-state index >= 15 is 0 Å². The highest BCUT2D eigenvalue weighted by Gasteiger charge is 2.46. The largest absolute Gasteiger partial charge is 0.394 e. The molecule has 6 nitrogen and oxygen atoms in total. The Morgan fingerprint density at radius 2 is 1.88 bits per heavy atom. The first-order valence-corrected chi connectivity index (χ1v) is 8.22. The van der Waals surface area contributed by atoms with Gasteiger partial charge in [-0.05, 0) is 38.1 Å². The lowest BCUT2D eigenvalue weighted by Crippen LogP contribution is -2.50. The molecule has 2 saturated heterocycles. The van der Waals surface area contributed by atoms with E-state index in [9.17, 15) is 15.0 Å². The molecule has 2 heterocycles. The quantitative estimate of drug-likeness (QED) is 0.712. The van der Waals surface area contributed by atoms with E-state index < -0.39 is 12.2 Å². The number of halogens is 1. The minimum atomic E-state index is -0.725. The minimum Gasteiger partial charge on any atom is -0.394 e. The van der Waals surface area contributed by atoms with Crippen LogP contribution in [0.1, 0.15) is 23.2 Å². The van der Waals surface area contributed by atoms with E-state index in [0.717, 1.165) is 25.9 Å². The second-order valence-electron chi connectivity index (χ2n) is 6.20. The number of amides is 1. The molecule has 2 fully saturated rings. The standard InChI is InChI=1S/C17H24N2O4.ClH/c20-11-14-16(21)15(19-8-4-5-9-19)13(23-14)10-18-17(22)12-6-2-1-3-7-12;/h1-3,6-7,13-16,20-21H,4-5,8-11H2,(H,18,22);1H/t13-,14+,15+,16-;/m1./s1. The number of carbonyl (C=O) groups excluding carboxylic acids is 1. The molecule has 1 aromatic carbocycles. The second-order valence-corrected chi connectivity index (χ2v) is 6.20. The maximum absolute atomic E-state index is 12.2. The van der Waals surface area contributed by atoms with E-state index in [1.165, 1.54) is 0 Å². The van der Waals surface area contributed by atoms with Crippen molar-refractivity contribution in [2.24, 2.45) is 0 Å². The molecule has 134 valence electrons. The Labute approximate surface area is 148 Å². The molecule has 3 rings (SSSR count). The molecular formula is C17H25ClN2O4. The SMILES string of the molecule is Cl.O=C(NC[C@H]1O[C@@H](CO)[C@@H](O)[C@H]1N1CCCC1)c1ccccc1. The molecule has 3 N–H and O–H groups in total. The lowest BCUT2D eigenvalue weighted by atomic mass is 10.0. The molecule has 2 aliphatic rings. The summed E-state index contributed by atoms with van der Waals surface area (Å²) < 4.78 is 5.78. The Hall–Kier alpha value is -1.18. The van der Waals surface area contributed by atoms with Gasteiger partial charge in [0.2, 0.25) is 0 Å². The maximum atomic E-state index is 12.2. The first-order valence-electron chi connectivity index (χ1n) is 8.22. The number of hydrogen-bond acceptors (Lipinski definition) is 5. The topological polar surface area (TPSA) is 82.0 Å². The summed E-state index contributed by atoms with van der Waals surface area (Å²) in [6.07, 6.45) is 0.593. The Kier molecular flexibility index (Phi) is 7.01. The molecule has 1 amide bonds. The van der Waals surface area contributed by atoms with Crippen molar-refractivity contribution in [1.29, 1.82) is 0 Å². The van der Waals surface area contributed by atoms with Gasteiger partial charge in [-0.3, -0.25) is 9.69 Å². The highest BCUT2D eigenvalue weighted by atomic mass is 35.5. The van der Waals surface area contributed by atoms with Crippen LogP contribution in [0.3, 0.4) is 0 Å². The summed E-state index contributed by atoms with van der Waals surface area (Å²) in [6.45, 7) is 1.95. The van der Waals surface area contributed by atoms with Crippen molar-refractivity contribution in [3.8, 4) is 0 Å². The molecule has 0 aromatic heterocycles. The lowest BCUT2D eigenvalue weighted by molar-refractivity contribution is -0.0209. The van der Waals surface area contributed by atoms with Gasteiger partial charge in [0.1, 0.15) is 12.2 Å². The third kappa shape index (κ3) is 4.07. The smallest absolute Gasteiger partial charge is 0.251 e. The molecule has 0 bridgehead atoms. The van der Waals surface area contributed by atoms with Gasteiger partial charge in [-0.15, -0.1) is 12.4 Å². The Morgan fingerprint density at radius 3 is 2.50 bits per heavy atom. The number of aliphatic hydroxyl groups excluding tert-OH is 2. The molecule has 0 aliphatic carbocycles. The van der Waals surface area contributed by atoms with E-state index in [4.69, 9.17) is 4.74 Å². The van der Waals surface area contributed by atoms with Crippen LogP contribution in [-0.4, -0.2) is 71.6 Å². The molecule has 0 radical (unpaired) electrons. The van der Waals surface area contributed by atoms with Crippen LogP contribution in [-0.2, 0) is 4.74 Å². The zero-order valence-electron chi connectivity index (χ0n) is 13.5. The van der Waals surface area contributed by atoms with Crippen molar-refractivity contribution in [2.75, 3.05) is 26.2 Å². The number of aliphatic hydroxyl groups is 2. The Bertz CT molecular complexity index is 525. The van der Waals surface area contributed by atoms with Gasteiger partial charge in [0, 0.05) is 12.1 Å². The number of ether oxygens (including phenoxy) is 1. The second kappa shape index (κ2) is 8.78. The number of benzene rings is 1. The van der Waals surface area contributed by atoms with Gasteiger partial charge in [-0.25, -0.2) is 0 Å². The summed E-state index contributed by atoms with van der Waals surface area (Å²) in [5.41, 5.74) is 0.600. The van der Waals surface area contributed by atoms with Crippen molar-refractivity contribution in [3.63, 3.8) is 0 Å². The number of nitrogens with one attached hydrogen (secondary N) is 1. The van der Waals surface area contributed by atoms with Gasteiger partial charge < -0.3 is 20.3 Å². The summed E-state index contributed by atoms with van der Waals surface area (Å²) in [4.78, 5) is 14.4. The number of hydrogen-bond donors (Lipinski definition) is 3. The molecule has 4 atom stereocenters. The van der Waals surface area contributed by atoms with Gasteiger partial charge in [-0.1, -0.05) is 18.2 Å². The molecule has 0 unspecified atom stereocenters. The first-order chi connectivity index (χ1) is 11.2. The zero-order chi connectivity index (χ0) is 16.2. The first kappa shape index (κ1) is 19.1. The van der Waals surface area contributed by atoms with Crippen LogP contribution in [0.2, 0.25) is 0 Å². The summed E-state index contributed by atoms with van der Waals surface area (Å²) in [6, 6.07) is 8.84. The van der Waals surface area contributed by atoms with Gasteiger partial charge in [0.15, 0.2) is 0 Å². The molecule has 0 spiro atoms. The molecule has 7 heteroatoms. The van der Waals surface area contributed by atoms with Gasteiger partial charge in [-0.2, -0.15) is 0 Å². The molecule has 2 aliphatic heterocycles. The van der Waals surface area contributed by atoms with Crippen LogP contribution >= 0.6 is 12.4 Å². The third-order valence-electron chi connectivity index (χ3n) is 4.70. The van der Waals surface area contributed by atoms with Gasteiger partial charge in [0.05, 0.1) is 18.8 Å². The fraction of sp³-hybridized carbons (Fsp3) is 0.588. The minimum absolute atomic E-state index is 0. The summed E-state index contributed by atoms with van der Waals surface area (Å²) in [5.74, 6) is -0.156. The average Bonchev–Trinajstić information content (AvgIpc) is 3.20. The molecular weight excluding hydrogens is 332 g/mol. The predicted octanol–water partition coefficient (Wildman–Crippen LogP) is 0.423. The van der Waals surface area contributed by atoms with Crippen molar-refractivity contribution >= 4 is 18.3 Å². The van der Waals surface area contributed by atoms with E-state index in [2.05, 4.69) is 10.2 Å². The van der Waals surface area contributed by atoms with Crippen LogP contribution < -0.4 is 5.32 Å². The Morgan fingerprint density at radius 1 is 1.21 bits per heavy atom. The number of rotatable bonds is 5. The fourth-order valence-corrected chi connectivity index (χ4v) is 3.52. The fourth-order valence-electron chi connectivity index (χ4n) is 3.52. The third-order valence-corrected chi connectivity index (χ3v) is 4.70. The summed E-state index contributed by atoms with van der Waals surface area (Å²) in [5, 5.41) is 22.7. The van der Waals surface area contributed by atoms with Crippen molar-refractivity contribution in [3.05, 3.63) is 35.9 Å². The maximum Gasteiger partial charge on any atom is 0.251 e. The summed E-state index contributed by atoms with van der Waals surface area (Å²) in [7, 11) is 0. The molecule has 0 saturated carbocycles. The van der Waals surface area contributed by atoms with Crippen LogP contribution in [0.5, 0.6) is 0 Å². The Balaban J connectivity index is 0.00000208. The van der Waals surface area contributed by atoms with Crippen molar-refractivity contribution < 1.29 is 19.7 Å². The zero-order valence-corrected chi connectivity index (χ0v) is 14.3. The predicted molar refractivity (Wildman–Crippen MR) is 92.4 cm³/mol. The van der Waals surface area contributed by atoms with Crippen LogP contribution in [0.4, 0.5) is 0 Å². The monoisotopic (exact) mass is 356 g/mol. The highest BCUT2D eigenvalue weighted by molar-refractivity contribution is 5.94. The normalized spacial score (nSPS) is 30.1. The highest BCUT2D eigenvalue weighted by Crippen LogP contribution is 2.28. The lowest BCUT2D eigenvalue weighted by Gasteiger charge is -2.30. The van der Waals surface area contributed by atoms with E-state index in [-0.39, 0.29) is 37.1 Å². The molecule has 24 heavy (non-hydrogen) atoms. The van der Waals surface area contributed by atoms with Crippen molar-refractivity contribution in [2.45, 2.75) is 37.2 Å². The average molecular weight is 357 g/mol. The number of likely N-dealkylation sites (tertiary alicyclic amines) is 1. The molecule has 1 aromatic rings. The van der Waals surface area contributed by atoms with Gasteiger partial charge in [0.25, 0.3) is 5.91 Å². The van der Waals surface area contributed by atoms with Gasteiger partial charge >= 0.3 is 0 Å². The van der Waals surface area contributed by atoms with Crippen LogP contribution in [0.15, 0.2) is 30.3 Å². The van der Waals surface area contributed by atoms with Crippen LogP contribution in [0, 0.1) is 0 Å². The summed E-state index contributed by atoms with van der Waals surface area (Å²) >= 11 is 0. The van der Waals surface area contributed by atoms with Crippen molar-refractivity contribution in [1.82, 2.24) is 10.2 Å².